The Labute approximate surface area is 122 Å². The molecule has 0 saturated heterocycles. The van der Waals surface area contributed by atoms with E-state index in [0.29, 0.717) is 11.3 Å². The average Bonchev–Trinajstić information content (AvgIpc) is 2.69. The van der Waals surface area contributed by atoms with E-state index in [1.165, 1.54) is 18.9 Å². The van der Waals surface area contributed by atoms with Gasteiger partial charge in [-0.3, -0.25) is 10.1 Å². The Morgan fingerprint density at radius 1 is 1.29 bits per heavy atom. The molecule has 0 heterocycles. The summed E-state index contributed by atoms with van der Waals surface area (Å²) in [6.07, 6.45) is 6.32. The number of hydrogen-bond acceptors (Lipinski definition) is 4. The van der Waals surface area contributed by atoms with Crippen molar-refractivity contribution in [3.63, 3.8) is 0 Å². The minimum atomic E-state index is -1.19. The Bertz CT molecular complexity index is 547. The molecule has 2 rings (SSSR count). The molecule has 0 amide bonds. The first kappa shape index (κ1) is 15.3. The SMILES string of the molecule is Cc1c(OC2CCCCCC2)cc(C(=O)O)cc1[N+](=O)[O-]. The maximum atomic E-state index is 11.1. The van der Waals surface area contributed by atoms with E-state index in [9.17, 15) is 14.9 Å². The first-order valence-electron chi connectivity index (χ1n) is 7.18. The summed E-state index contributed by atoms with van der Waals surface area (Å²) >= 11 is 0. The predicted molar refractivity (Wildman–Crippen MR) is 76.9 cm³/mol. The minimum absolute atomic E-state index is 0.00912. The van der Waals surface area contributed by atoms with Gasteiger partial charge in [0.2, 0.25) is 0 Å². The van der Waals surface area contributed by atoms with E-state index in [-0.39, 0.29) is 17.4 Å². The van der Waals surface area contributed by atoms with Gasteiger partial charge in [-0.2, -0.15) is 0 Å². The number of rotatable bonds is 4. The van der Waals surface area contributed by atoms with Crippen LogP contribution in [0.15, 0.2) is 12.1 Å². The number of nitro groups is 1. The fourth-order valence-electron chi connectivity index (χ4n) is 2.65. The fraction of sp³-hybridized carbons (Fsp3) is 0.533. The van der Waals surface area contributed by atoms with Gasteiger partial charge in [-0.25, -0.2) is 4.79 Å². The molecule has 1 aliphatic carbocycles. The third kappa shape index (κ3) is 3.71. The van der Waals surface area contributed by atoms with Crippen molar-refractivity contribution in [1.82, 2.24) is 0 Å². The van der Waals surface area contributed by atoms with E-state index in [4.69, 9.17) is 9.84 Å². The van der Waals surface area contributed by atoms with Crippen LogP contribution in [0, 0.1) is 17.0 Å². The molecule has 1 aliphatic rings. The normalized spacial score (nSPS) is 16.2. The fourth-order valence-corrected chi connectivity index (χ4v) is 2.65. The molecule has 0 bridgehead atoms. The summed E-state index contributed by atoms with van der Waals surface area (Å²) in [5.41, 5.74) is 0.0590. The number of carbonyl (C=O) groups is 1. The van der Waals surface area contributed by atoms with Crippen LogP contribution in [0.2, 0.25) is 0 Å². The van der Waals surface area contributed by atoms with E-state index >= 15 is 0 Å². The third-order valence-electron chi connectivity index (χ3n) is 3.87. The van der Waals surface area contributed by atoms with Crippen LogP contribution in [0.3, 0.4) is 0 Å². The molecule has 0 aliphatic heterocycles. The summed E-state index contributed by atoms with van der Waals surface area (Å²) in [4.78, 5) is 21.6. The van der Waals surface area contributed by atoms with Gasteiger partial charge in [0.05, 0.1) is 22.2 Å². The molecule has 1 saturated carbocycles. The van der Waals surface area contributed by atoms with Gasteiger partial charge in [-0.15, -0.1) is 0 Å². The van der Waals surface area contributed by atoms with Gasteiger partial charge in [-0.1, -0.05) is 12.8 Å². The second-order valence-corrected chi connectivity index (χ2v) is 5.41. The lowest BCUT2D eigenvalue weighted by atomic mass is 10.1. The minimum Gasteiger partial charge on any atom is -0.490 e. The summed E-state index contributed by atoms with van der Waals surface area (Å²) in [6.45, 7) is 1.59. The maximum Gasteiger partial charge on any atom is 0.336 e. The number of nitrogens with zero attached hydrogens (tertiary/aromatic N) is 1. The summed E-state index contributed by atoms with van der Waals surface area (Å²) < 4.78 is 5.88. The molecule has 6 heteroatoms. The summed E-state index contributed by atoms with van der Waals surface area (Å²) in [5.74, 6) is -0.877. The van der Waals surface area contributed by atoms with Crippen LogP contribution < -0.4 is 4.74 Å². The van der Waals surface area contributed by atoms with Crippen LogP contribution in [-0.2, 0) is 0 Å². The molecule has 0 aromatic heterocycles. The summed E-state index contributed by atoms with van der Waals surface area (Å²) in [6, 6.07) is 2.47. The molecule has 1 aromatic rings. The van der Waals surface area contributed by atoms with Crippen LogP contribution in [0.4, 0.5) is 5.69 Å². The van der Waals surface area contributed by atoms with E-state index in [0.717, 1.165) is 31.7 Å². The first-order valence-corrected chi connectivity index (χ1v) is 7.18. The molecule has 1 fully saturated rings. The van der Waals surface area contributed by atoms with Crippen LogP contribution in [0.1, 0.15) is 54.4 Å². The molecule has 0 spiro atoms. The van der Waals surface area contributed by atoms with Crippen molar-refractivity contribution in [2.24, 2.45) is 0 Å². The molecule has 6 nitrogen and oxygen atoms in total. The Balaban J connectivity index is 2.32. The van der Waals surface area contributed by atoms with Gasteiger partial charge in [0.15, 0.2) is 0 Å². The van der Waals surface area contributed by atoms with Gasteiger partial charge in [0.25, 0.3) is 5.69 Å². The van der Waals surface area contributed by atoms with Gasteiger partial charge in [0, 0.05) is 6.07 Å². The molecule has 0 atom stereocenters. The second kappa shape index (κ2) is 6.56. The lowest BCUT2D eigenvalue weighted by Gasteiger charge is -2.18. The Hall–Kier alpha value is -2.11. The number of benzene rings is 1. The van der Waals surface area contributed by atoms with Crippen molar-refractivity contribution < 1.29 is 19.6 Å². The zero-order chi connectivity index (χ0) is 15.4. The molecule has 21 heavy (non-hydrogen) atoms. The van der Waals surface area contributed by atoms with Crippen molar-refractivity contribution in [3.05, 3.63) is 33.4 Å². The van der Waals surface area contributed by atoms with Gasteiger partial charge >= 0.3 is 5.97 Å². The van der Waals surface area contributed by atoms with E-state index < -0.39 is 10.9 Å². The van der Waals surface area contributed by atoms with Gasteiger partial charge in [0.1, 0.15) is 5.75 Å². The van der Waals surface area contributed by atoms with Crippen LogP contribution in [-0.4, -0.2) is 22.1 Å². The third-order valence-corrected chi connectivity index (χ3v) is 3.87. The Kier molecular flexibility index (Phi) is 4.77. The number of aromatic carboxylic acids is 1. The van der Waals surface area contributed by atoms with Crippen molar-refractivity contribution in [2.45, 2.75) is 51.6 Å². The quantitative estimate of drug-likeness (QED) is 0.519. The lowest BCUT2D eigenvalue weighted by Crippen LogP contribution is -2.16. The number of carboxylic acids is 1. The highest BCUT2D eigenvalue weighted by Crippen LogP contribution is 2.32. The van der Waals surface area contributed by atoms with Crippen molar-refractivity contribution >= 4 is 11.7 Å². The largest absolute Gasteiger partial charge is 0.490 e. The molecular weight excluding hydrogens is 274 g/mol. The first-order chi connectivity index (χ1) is 9.99. The molecule has 0 unspecified atom stereocenters. The highest BCUT2D eigenvalue weighted by molar-refractivity contribution is 5.89. The summed E-state index contributed by atoms with van der Waals surface area (Å²) in [5, 5.41) is 20.1. The predicted octanol–water partition coefficient (Wildman–Crippen LogP) is 3.70. The monoisotopic (exact) mass is 293 g/mol. The number of hydrogen-bond donors (Lipinski definition) is 1. The molecule has 1 aromatic carbocycles. The van der Waals surface area contributed by atoms with Crippen LogP contribution in [0.25, 0.3) is 0 Å². The van der Waals surface area contributed by atoms with Crippen LogP contribution in [0.5, 0.6) is 5.75 Å². The molecular formula is C15H19NO5. The number of carboxylic acid groups (broad SMARTS) is 1. The Morgan fingerprint density at radius 3 is 2.43 bits per heavy atom. The van der Waals surface area contributed by atoms with Crippen molar-refractivity contribution in [2.75, 3.05) is 0 Å². The number of nitro benzene ring substituents is 1. The van der Waals surface area contributed by atoms with Gasteiger partial charge in [-0.05, 0) is 38.7 Å². The smallest absolute Gasteiger partial charge is 0.336 e. The topological polar surface area (TPSA) is 89.7 Å². The highest BCUT2D eigenvalue weighted by Gasteiger charge is 2.22. The maximum absolute atomic E-state index is 11.1. The van der Waals surface area contributed by atoms with Crippen molar-refractivity contribution in [3.8, 4) is 5.75 Å². The van der Waals surface area contributed by atoms with E-state index in [2.05, 4.69) is 0 Å². The standard InChI is InChI=1S/C15H19NO5/c1-10-13(16(19)20)8-11(15(17)18)9-14(10)21-12-6-4-2-3-5-7-12/h8-9,12H,2-7H2,1H3,(H,17,18). The molecule has 1 N–H and O–H groups in total. The average molecular weight is 293 g/mol. The van der Waals surface area contributed by atoms with Crippen LogP contribution >= 0.6 is 0 Å². The highest BCUT2D eigenvalue weighted by atomic mass is 16.6. The Morgan fingerprint density at radius 2 is 1.90 bits per heavy atom. The second-order valence-electron chi connectivity index (χ2n) is 5.41. The zero-order valence-corrected chi connectivity index (χ0v) is 12.0. The number of ether oxygens (including phenoxy) is 1. The van der Waals surface area contributed by atoms with Gasteiger partial charge < -0.3 is 9.84 Å². The summed E-state index contributed by atoms with van der Waals surface area (Å²) in [7, 11) is 0. The molecule has 114 valence electrons. The molecule has 0 radical (unpaired) electrons. The lowest BCUT2D eigenvalue weighted by molar-refractivity contribution is -0.385. The van der Waals surface area contributed by atoms with E-state index in [1.807, 2.05) is 0 Å². The van der Waals surface area contributed by atoms with E-state index in [1.54, 1.807) is 6.92 Å². The zero-order valence-electron chi connectivity index (χ0n) is 12.0. The van der Waals surface area contributed by atoms with Crippen molar-refractivity contribution in [1.29, 1.82) is 0 Å².